The molecule has 7 aromatic rings. The molecule has 7 rings (SSSR count). The zero-order valence-corrected chi connectivity index (χ0v) is 23.9. The number of benzene rings is 5. The average Bonchev–Trinajstić information content (AvgIpc) is 3.50. The molecular weight excluding hydrogens is 621 g/mol. The molecule has 0 saturated heterocycles. The van der Waals surface area contributed by atoms with Crippen LogP contribution in [0.1, 0.15) is 11.1 Å². The number of alkyl halides is 3. The van der Waals surface area contributed by atoms with Crippen molar-refractivity contribution in [3.05, 3.63) is 118 Å². The van der Waals surface area contributed by atoms with E-state index in [9.17, 15) is 41.3 Å². The van der Waals surface area contributed by atoms with Gasteiger partial charge in [-0.1, -0.05) is 24.3 Å². The maximum absolute atomic E-state index is 14.3. The minimum atomic E-state index is -5.13. The Kier molecular flexibility index (Phi) is 6.62. The van der Waals surface area contributed by atoms with Gasteiger partial charge in [-0.2, -0.15) is 33.7 Å². The zero-order chi connectivity index (χ0) is 33.4. The van der Waals surface area contributed by atoms with Crippen molar-refractivity contribution >= 4 is 43.1 Å². The monoisotopic (exact) mass is 636 g/mol. The molecule has 0 aromatic heterocycles. The number of hydrogen-bond donors (Lipinski definition) is 0. The van der Waals surface area contributed by atoms with Gasteiger partial charge in [-0.15, -0.1) is 0 Å². The third-order valence-electron chi connectivity index (χ3n) is 8.33. The summed E-state index contributed by atoms with van der Waals surface area (Å²) in [5.74, 6) is -5.60. The van der Waals surface area contributed by atoms with Gasteiger partial charge < -0.3 is 0 Å². The van der Waals surface area contributed by atoms with Crippen molar-refractivity contribution in [2.45, 2.75) is 13.1 Å². The van der Waals surface area contributed by atoms with Crippen LogP contribution in [0.25, 0.3) is 65.3 Å². The van der Waals surface area contributed by atoms with Gasteiger partial charge in [0.2, 0.25) is 12.4 Å². The van der Waals surface area contributed by atoms with Gasteiger partial charge in [-0.25, -0.2) is 17.6 Å². The fourth-order valence-electron chi connectivity index (χ4n) is 6.23. The summed E-state index contributed by atoms with van der Waals surface area (Å²) in [6, 6.07) is 17.1. The highest BCUT2D eigenvalue weighted by Gasteiger charge is 2.36. The molecule has 0 heterocycles. The van der Waals surface area contributed by atoms with Crippen molar-refractivity contribution in [2.24, 2.45) is 9.98 Å². The summed E-state index contributed by atoms with van der Waals surface area (Å²) in [7, 11) is 0. The van der Waals surface area contributed by atoms with Gasteiger partial charge in [0, 0.05) is 21.5 Å². The van der Waals surface area contributed by atoms with E-state index in [1.807, 2.05) is 6.07 Å². The molecule has 0 aliphatic carbocycles. The minimum Gasteiger partial charge on any atom is -0.204 e. The Balaban J connectivity index is 1.50. The van der Waals surface area contributed by atoms with E-state index in [0.717, 1.165) is 6.07 Å². The summed E-state index contributed by atoms with van der Waals surface area (Å²) in [6.45, 7) is 1.45. The van der Waals surface area contributed by atoms with Crippen LogP contribution in [-0.4, -0.2) is 0 Å². The highest BCUT2D eigenvalue weighted by atomic mass is 19.4. The summed E-state index contributed by atoms with van der Waals surface area (Å²) in [5.41, 5.74) is -0.718. The molecule has 0 unspecified atom stereocenters. The molecule has 0 radical (unpaired) electrons. The van der Waals surface area contributed by atoms with Crippen molar-refractivity contribution in [3.8, 4) is 34.6 Å². The van der Waals surface area contributed by atoms with Crippen molar-refractivity contribution < 1.29 is 30.7 Å². The average molecular weight is 637 g/mol. The van der Waals surface area contributed by atoms with Gasteiger partial charge in [0.15, 0.2) is 23.3 Å². The van der Waals surface area contributed by atoms with E-state index >= 15 is 0 Å². The van der Waals surface area contributed by atoms with Crippen LogP contribution < -0.4 is 10.7 Å². The van der Waals surface area contributed by atoms with Gasteiger partial charge in [0.25, 0.3) is 0 Å². The standard InChI is InChI=1S/C36H15F7N4/c1-16-6-19(10-30(37)32(16)39)17-2-4-21-23-12-24-22-5-3-18(20-9-29(36(41,42)43)33(40)31(38)11-20)8-26(22)35(47-15-45)28(24)13-27(23)34(46-14-44)25(21)7-17/h2-13H,1H3. The predicted octanol–water partition coefficient (Wildman–Crippen LogP) is 9.16. The number of rotatable bonds is 2. The second-order valence-electron chi connectivity index (χ2n) is 11.0. The van der Waals surface area contributed by atoms with E-state index < -0.39 is 35.0 Å². The summed E-state index contributed by atoms with van der Waals surface area (Å²) >= 11 is 0. The predicted molar refractivity (Wildman–Crippen MR) is 162 cm³/mol. The normalized spacial score (nSPS) is 12.9. The minimum absolute atomic E-state index is 0.127. The van der Waals surface area contributed by atoms with Crippen LogP contribution in [0.4, 0.5) is 30.7 Å². The molecule has 0 saturated carbocycles. The van der Waals surface area contributed by atoms with Crippen LogP contribution in [-0.2, 0) is 6.18 Å². The second kappa shape index (κ2) is 10.5. The van der Waals surface area contributed by atoms with Crippen LogP contribution in [0, 0.1) is 53.1 Å². The largest absolute Gasteiger partial charge is 0.419 e. The number of hydrogen-bond acceptors (Lipinski definition) is 4. The van der Waals surface area contributed by atoms with Gasteiger partial charge in [-0.3, -0.25) is 0 Å². The number of fused-ring (bicyclic) bond motifs is 6. The van der Waals surface area contributed by atoms with Crippen LogP contribution >= 0.6 is 0 Å². The van der Waals surface area contributed by atoms with E-state index in [4.69, 9.17) is 0 Å². The Morgan fingerprint density at radius 1 is 0.511 bits per heavy atom. The third kappa shape index (κ3) is 4.59. The van der Waals surface area contributed by atoms with Gasteiger partial charge in [-0.05, 0) is 105 Å². The van der Waals surface area contributed by atoms with E-state index in [1.165, 1.54) is 25.1 Å². The number of aryl methyl sites for hydroxylation is 1. The maximum atomic E-state index is 14.3. The lowest BCUT2D eigenvalue weighted by molar-refractivity contribution is -0.140. The Morgan fingerprint density at radius 2 is 0.957 bits per heavy atom. The Labute approximate surface area is 259 Å². The first kappa shape index (κ1) is 29.6. The summed E-state index contributed by atoms with van der Waals surface area (Å²) < 4.78 is 96.7. The first-order valence-electron chi connectivity index (χ1n) is 13.9. The molecule has 11 heteroatoms. The van der Waals surface area contributed by atoms with Crippen LogP contribution in [0.15, 0.2) is 82.8 Å². The lowest BCUT2D eigenvalue weighted by Crippen LogP contribution is -2.10. The molecule has 0 aliphatic rings. The van der Waals surface area contributed by atoms with Crippen LogP contribution in [0.2, 0.25) is 0 Å². The third-order valence-corrected chi connectivity index (χ3v) is 8.33. The molecule has 0 spiro atoms. The van der Waals surface area contributed by atoms with Gasteiger partial charge in [0.1, 0.15) is 0 Å². The smallest absolute Gasteiger partial charge is 0.204 e. The Morgan fingerprint density at radius 3 is 1.43 bits per heavy atom. The molecule has 7 aromatic carbocycles. The number of halogens is 7. The zero-order valence-electron chi connectivity index (χ0n) is 23.9. The molecule has 0 fully saturated rings. The molecule has 0 bridgehead atoms. The van der Waals surface area contributed by atoms with E-state index in [0.29, 0.717) is 71.7 Å². The highest BCUT2D eigenvalue weighted by molar-refractivity contribution is 6.21. The quantitative estimate of drug-likeness (QED) is 0.140. The molecular formula is C36H15F7N4. The van der Waals surface area contributed by atoms with E-state index in [-0.39, 0.29) is 22.0 Å². The van der Waals surface area contributed by atoms with Crippen molar-refractivity contribution in [2.75, 3.05) is 0 Å². The maximum Gasteiger partial charge on any atom is 0.419 e. The molecule has 0 N–H and O–H groups in total. The lowest BCUT2D eigenvalue weighted by atomic mass is 9.99. The molecule has 4 nitrogen and oxygen atoms in total. The van der Waals surface area contributed by atoms with Crippen LogP contribution in [0.5, 0.6) is 0 Å². The van der Waals surface area contributed by atoms with Crippen molar-refractivity contribution in [1.29, 1.82) is 10.5 Å². The molecule has 0 atom stereocenters. The summed E-state index contributed by atoms with van der Waals surface area (Å²) in [6.07, 6.45) is -1.58. The Hall–Kier alpha value is -6.07. The summed E-state index contributed by atoms with van der Waals surface area (Å²) in [4.78, 5) is 8.05. The SMILES string of the molecule is Cc1cc(-c2ccc3c(c2)c(=NC#N)c2cc4c(=NC#N)c5cc(-c6cc(F)c(F)c(C(F)(F)F)c6)ccc5c4cc23)cc(F)c1F. The fraction of sp³-hybridized carbons (Fsp3) is 0.0556. The van der Waals surface area contributed by atoms with Gasteiger partial charge >= 0.3 is 6.18 Å². The lowest BCUT2D eigenvalue weighted by Gasteiger charge is -2.11. The number of nitrogens with zero attached hydrogens (tertiary/aromatic N) is 4. The molecule has 47 heavy (non-hydrogen) atoms. The molecule has 0 amide bonds. The molecule has 228 valence electrons. The number of nitriles is 2. The van der Waals surface area contributed by atoms with E-state index in [1.54, 1.807) is 42.7 Å². The van der Waals surface area contributed by atoms with Gasteiger partial charge in [0.05, 0.1) is 16.3 Å². The van der Waals surface area contributed by atoms with Crippen molar-refractivity contribution in [3.63, 3.8) is 0 Å². The Bertz CT molecular complexity index is 2680. The topological polar surface area (TPSA) is 72.3 Å². The van der Waals surface area contributed by atoms with E-state index in [2.05, 4.69) is 9.98 Å². The second-order valence-corrected chi connectivity index (χ2v) is 11.0. The fourth-order valence-corrected chi connectivity index (χ4v) is 6.23. The first-order chi connectivity index (χ1) is 22.4. The van der Waals surface area contributed by atoms with Crippen LogP contribution in [0.3, 0.4) is 0 Å². The highest BCUT2D eigenvalue weighted by Crippen LogP contribution is 2.38. The van der Waals surface area contributed by atoms with Crippen molar-refractivity contribution in [1.82, 2.24) is 0 Å². The summed E-state index contributed by atoms with van der Waals surface area (Å²) in [5, 5.41) is 24.2. The molecule has 0 aliphatic heterocycles. The first-order valence-corrected chi connectivity index (χ1v) is 13.9.